The molecule has 2 unspecified atom stereocenters. The van der Waals surface area contributed by atoms with E-state index >= 15 is 0 Å². The zero-order valence-corrected chi connectivity index (χ0v) is 21.2. The standard InChI is InChI=1S/C18H28O3S.C9H8S/c1-3-4-5-6-7-8-11-22(19)15(2)12-16-9-10-17-18(13-16)21-14-20-17;1-7-2-3-9-8(6-7)4-5-10-9/h9-10,13,15H,3-8,11-12,14H2,1-2H3;2-6H,1H3. The second kappa shape index (κ2) is 13.1. The first-order valence-corrected chi connectivity index (χ1v) is 14.0. The van der Waals surface area contributed by atoms with Gasteiger partial charge in [-0.1, -0.05) is 67.5 Å². The Balaban J connectivity index is 0.000000238. The Hall–Kier alpha value is -1.69. The number of hydrogen-bond donors (Lipinski definition) is 0. The highest BCUT2D eigenvalue weighted by Crippen LogP contribution is 2.33. The second-order valence-corrected chi connectivity index (χ2v) is 11.4. The predicted octanol–water partition coefficient (Wildman–Crippen LogP) is 7.67. The van der Waals surface area contributed by atoms with Gasteiger partial charge >= 0.3 is 0 Å². The molecule has 5 heteroatoms. The summed E-state index contributed by atoms with van der Waals surface area (Å²) in [6, 6.07) is 14.7. The van der Waals surface area contributed by atoms with Crippen molar-refractivity contribution in [3.63, 3.8) is 0 Å². The van der Waals surface area contributed by atoms with Crippen molar-refractivity contribution in [3.05, 3.63) is 59.0 Å². The van der Waals surface area contributed by atoms with Gasteiger partial charge in [-0.15, -0.1) is 11.3 Å². The Morgan fingerprint density at radius 1 is 0.969 bits per heavy atom. The third-order valence-electron chi connectivity index (χ3n) is 5.72. The topological polar surface area (TPSA) is 41.5 Å². The lowest BCUT2D eigenvalue weighted by Gasteiger charge is -2.18. The molecular formula is C27H36O3S2. The quantitative estimate of drug-likeness (QED) is 0.225. The molecule has 174 valence electrons. The van der Waals surface area contributed by atoms with Crippen LogP contribution in [0.3, 0.4) is 0 Å². The van der Waals surface area contributed by atoms with Crippen LogP contribution in [0.2, 0.25) is 0 Å². The van der Waals surface area contributed by atoms with Crippen LogP contribution in [0.4, 0.5) is 0 Å². The average molecular weight is 473 g/mol. The average Bonchev–Trinajstić information content (AvgIpc) is 3.45. The van der Waals surface area contributed by atoms with Gasteiger partial charge in [-0.05, 0) is 67.3 Å². The van der Waals surface area contributed by atoms with Crippen molar-refractivity contribution in [2.24, 2.45) is 0 Å². The van der Waals surface area contributed by atoms with E-state index in [9.17, 15) is 4.55 Å². The molecule has 4 rings (SSSR count). The fourth-order valence-corrected chi connectivity index (χ4v) is 5.84. The smallest absolute Gasteiger partial charge is 0.231 e. The summed E-state index contributed by atoms with van der Waals surface area (Å²) >= 11 is 1.05. The van der Waals surface area contributed by atoms with E-state index < -0.39 is 11.2 Å². The van der Waals surface area contributed by atoms with Gasteiger partial charge < -0.3 is 14.0 Å². The maximum absolute atomic E-state index is 12.3. The van der Waals surface area contributed by atoms with Gasteiger partial charge in [0, 0.05) is 11.1 Å². The minimum atomic E-state index is -0.743. The number of hydrogen-bond acceptors (Lipinski definition) is 4. The first-order valence-electron chi connectivity index (χ1n) is 11.8. The van der Waals surface area contributed by atoms with Crippen LogP contribution >= 0.6 is 11.3 Å². The minimum absolute atomic E-state index is 0.191. The van der Waals surface area contributed by atoms with Gasteiger partial charge in [0.15, 0.2) is 11.5 Å². The number of rotatable bonds is 10. The van der Waals surface area contributed by atoms with Crippen LogP contribution in [0, 0.1) is 6.92 Å². The molecule has 1 aromatic heterocycles. The first kappa shape index (κ1) is 24.9. The van der Waals surface area contributed by atoms with Gasteiger partial charge in [0.05, 0.1) is 0 Å². The minimum Gasteiger partial charge on any atom is -0.616 e. The van der Waals surface area contributed by atoms with E-state index in [0.29, 0.717) is 6.79 Å². The van der Waals surface area contributed by atoms with E-state index in [1.807, 2.05) is 18.2 Å². The number of ether oxygens (including phenoxy) is 2. The number of benzene rings is 2. The van der Waals surface area contributed by atoms with Crippen molar-refractivity contribution in [1.82, 2.24) is 0 Å². The molecule has 0 aliphatic carbocycles. The fourth-order valence-electron chi connectivity index (χ4n) is 3.80. The molecule has 2 atom stereocenters. The van der Waals surface area contributed by atoms with E-state index in [4.69, 9.17) is 9.47 Å². The molecule has 1 aliphatic rings. The van der Waals surface area contributed by atoms with Crippen molar-refractivity contribution in [1.29, 1.82) is 0 Å². The normalized spacial score (nSPS) is 14.1. The monoisotopic (exact) mass is 472 g/mol. The van der Waals surface area contributed by atoms with Gasteiger partial charge in [-0.2, -0.15) is 0 Å². The number of aryl methyl sites for hydroxylation is 1. The summed E-state index contributed by atoms with van der Waals surface area (Å²) < 4.78 is 24.4. The number of unbranched alkanes of at least 4 members (excludes halogenated alkanes) is 5. The zero-order valence-electron chi connectivity index (χ0n) is 19.6. The van der Waals surface area contributed by atoms with E-state index in [1.165, 1.54) is 53.3 Å². The molecule has 3 nitrogen and oxygen atoms in total. The van der Waals surface area contributed by atoms with Gasteiger partial charge in [-0.25, -0.2) is 0 Å². The molecule has 2 heterocycles. The number of thiophene rings is 1. The van der Waals surface area contributed by atoms with Crippen LogP contribution in [0.1, 0.15) is 63.5 Å². The molecule has 2 aromatic carbocycles. The van der Waals surface area contributed by atoms with Crippen LogP contribution in [-0.4, -0.2) is 22.3 Å². The lowest BCUT2D eigenvalue weighted by molar-refractivity contribution is 0.174. The molecule has 0 bridgehead atoms. The molecule has 0 radical (unpaired) electrons. The molecule has 1 aliphatic heterocycles. The summed E-state index contributed by atoms with van der Waals surface area (Å²) in [5.41, 5.74) is 2.51. The van der Waals surface area contributed by atoms with Crippen molar-refractivity contribution in [3.8, 4) is 11.5 Å². The summed E-state index contributed by atoms with van der Waals surface area (Å²) in [7, 11) is 0. The third kappa shape index (κ3) is 7.72. The van der Waals surface area contributed by atoms with Crippen LogP contribution in [0.25, 0.3) is 10.1 Å². The van der Waals surface area contributed by atoms with E-state index in [-0.39, 0.29) is 5.25 Å². The van der Waals surface area contributed by atoms with Gasteiger partial charge in [0.25, 0.3) is 0 Å². The van der Waals surface area contributed by atoms with Gasteiger partial charge in [0.1, 0.15) is 11.0 Å². The molecule has 0 amide bonds. The Morgan fingerprint density at radius 2 is 1.75 bits per heavy atom. The highest BCUT2D eigenvalue weighted by Gasteiger charge is 2.19. The molecule has 0 fully saturated rings. The fraction of sp³-hybridized carbons (Fsp3) is 0.481. The van der Waals surface area contributed by atoms with Crippen LogP contribution in [-0.2, 0) is 17.6 Å². The second-order valence-electron chi connectivity index (χ2n) is 8.52. The lowest BCUT2D eigenvalue weighted by Crippen LogP contribution is -2.23. The molecule has 0 spiro atoms. The van der Waals surface area contributed by atoms with Crippen LogP contribution in [0.15, 0.2) is 47.8 Å². The highest BCUT2D eigenvalue weighted by molar-refractivity contribution is 7.91. The SMILES string of the molecule is CCCCCCCC[S+]([O-])C(C)Cc1ccc2c(c1)OCO2.Cc1ccc2sccc2c1. The van der Waals surface area contributed by atoms with Gasteiger partial charge in [-0.3, -0.25) is 0 Å². The van der Waals surface area contributed by atoms with Crippen molar-refractivity contribution in [2.75, 3.05) is 12.5 Å². The summed E-state index contributed by atoms with van der Waals surface area (Å²) in [6.45, 7) is 6.74. The summed E-state index contributed by atoms with van der Waals surface area (Å²) in [5, 5.41) is 3.69. The zero-order chi connectivity index (χ0) is 22.8. The lowest BCUT2D eigenvalue weighted by atomic mass is 10.1. The molecule has 32 heavy (non-hydrogen) atoms. The Kier molecular flexibility index (Phi) is 10.2. The van der Waals surface area contributed by atoms with Gasteiger partial charge in [0.2, 0.25) is 6.79 Å². The van der Waals surface area contributed by atoms with Crippen LogP contribution < -0.4 is 9.47 Å². The third-order valence-corrected chi connectivity index (χ3v) is 8.37. The number of fused-ring (bicyclic) bond motifs is 2. The summed E-state index contributed by atoms with van der Waals surface area (Å²) in [4.78, 5) is 0. The summed E-state index contributed by atoms with van der Waals surface area (Å²) in [5.74, 6) is 2.45. The molecule has 0 saturated heterocycles. The summed E-state index contributed by atoms with van der Waals surface area (Å²) in [6.07, 6.45) is 8.32. The molecule has 3 aromatic rings. The van der Waals surface area contributed by atoms with Crippen molar-refractivity contribution >= 4 is 32.6 Å². The Labute approximate surface area is 200 Å². The van der Waals surface area contributed by atoms with Crippen molar-refractivity contribution < 1.29 is 14.0 Å². The molecule has 0 N–H and O–H groups in total. The maximum atomic E-state index is 12.3. The molecule has 0 saturated carbocycles. The van der Waals surface area contributed by atoms with Crippen LogP contribution in [0.5, 0.6) is 11.5 Å². The molecular weight excluding hydrogens is 436 g/mol. The van der Waals surface area contributed by atoms with Crippen molar-refractivity contribution in [2.45, 2.75) is 71.0 Å². The Bertz CT molecular complexity index is 953. The van der Waals surface area contributed by atoms with E-state index in [0.717, 1.165) is 30.1 Å². The van der Waals surface area contributed by atoms with E-state index in [1.54, 1.807) is 11.3 Å². The first-order chi connectivity index (χ1) is 15.6. The highest BCUT2D eigenvalue weighted by atomic mass is 32.2. The predicted molar refractivity (Wildman–Crippen MR) is 139 cm³/mol. The van der Waals surface area contributed by atoms with E-state index in [2.05, 4.69) is 50.4 Å². The maximum Gasteiger partial charge on any atom is 0.231 e. The Morgan fingerprint density at radius 3 is 2.59 bits per heavy atom. The largest absolute Gasteiger partial charge is 0.616 e.